The second-order valence-corrected chi connectivity index (χ2v) is 8.02. The largest absolute Gasteiger partial charge is 0.334 e. The standard InChI is InChI=1S/C26H21N3O/c1-17-4-3-5-18(10-17)15-29-16-22-12-24-21(11-20(22)13-25(29)30)14-28-26(24)19-6-8-23(27-2)9-7-19/h3-12H,13-16H2,1H3. The van der Waals surface area contributed by atoms with E-state index in [0.717, 1.165) is 28.0 Å². The smallest absolute Gasteiger partial charge is 0.227 e. The third kappa shape index (κ3) is 3.29. The molecule has 146 valence electrons. The Labute approximate surface area is 176 Å². The molecule has 3 aromatic carbocycles. The maximum absolute atomic E-state index is 12.8. The predicted octanol–water partition coefficient (Wildman–Crippen LogP) is 4.98. The van der Waals surface area contributed by atoms with Crippen molar-refractivity contribution in [2.24, 2.45) is 4.99 Å². The van der Waals surface area contributed by atoms with E-state index in [1.165, 1.54) is 16.7 Å². The lowest BCUT2D eigenvalue weighted by Crippen LogP contribution is -2.35. The van der Waals surface area contributed by atoms with E-state index >= 15 is 0 Å². The number of amides is 1. The van der Waals surface area contributed by atoms with Crippen molar-refractivity contribution >= 4 is 17.3 Å². The molecule has 4 nitrogen and oxygen atoms in total. The molecular weight excluding hydrogens is 370 g/mol. The Morgan fingerprint density at radius 1 is 1.03 bits per heavy atom. The zero-order valence-electron chi connectivity index (χ0n) is 16.9. The second kappa shape index (κ2) is 7.27. The van der Waals surface area contributed by atoms with Crippen molar-refractivity contribution in [3.05, 3.63) is 111 Å². The molecule has 0 aliphatic carbocycles. The van der Waals surface area contributed by atoms with E-state index in [4.69, 9.17) is 11.6 Å². The Morgan fingerprint density at radius 3 is 2.63 bits per heavy atom. The molecule has 0 atom stereocenters. The second-order valence-electron chi connectivity index (χ2n) is 8.02. The number of hydrogen-bond acceptors (Lipinski definition) is 2. The number of nitrogens with zero attached hydrogens (tertiary/aromatic N) is 3. The fourth-order valence-corrected chi connectivity index (χ4v) is 4.34. The average molecular weight is 391 g/mol. The number of aryl methyl sites for hydroxylation is 1. The Bertz CT molecular complexity index is 1230. The summed E-state index contributed by atoms with van der Waals surface area (Å²) in [5.74, 6) is 0.179. The van der Waals surface area contributed by atoms with Gasteiger partial charge in [0.15, 0.2) is 5.69 Å². The molecule has 0 saturated heterocycles. The van der Waals surface area contributed by atoms with Gasteiger partial charge in [0.2, 0.25) is 5.91 Å². The average Bonchev–Trinajstić information content (AvgIpc) is 3.15. The van der Waals surface area contributed by atoms with Gasteiger partial charge in [-0.05, 0) is 40.8 Å². The van der Waals surface area contributed by atoms with Crippen molar-refractivity contribution in [1.82, 2.24) is 4.90 Å². The molecule has 30 heavy (non-hydrogen) atoms. The topological polar surface area (TPSA) is 37.0 Å². The number of aliphatic imine (C=N–C) groups is 1. The monoisotopic (exact) mass is 391 g/mol. The van der Waals surface area contributed by atoms with Gasteiger partial charge in [0.25, 0.3) is 0 Å². The van der Waals surface area contributed by atoms with Gasteiger partial charge in [-0.25, -0.2) is 4.85 Å². The molecule has 1 amide bonds. The summed E-state index contributed by atoms with van der Waals surface area (Å²) in [7, 11) is 0. The van der Waals surface area contributed by atoms with Crippen molar-refractivity contribution in [3.8, 4) is 0 Å². The van der Waals surface area contributed by atoms with Crippen LogP contribution in [0.4, 0.5) is 5.69 Å². The maximum Gasteiger partial charge on any atom is 0.227 e. The molecule has 2 heterocycles. The SMILES string of the molecule is [C-]#[N+]c1ccc(C2=NCc3cc4c(cc32)CN(Cc2cccc(C)c2)C(=O)C4)cc1. The van der Waals surface area contributed by atoms with Gasteiger partial charge in [-0.3, -0.25) is 9.79 Å². The summed E-state index contributed by atoms with van der Waals surface area (Å²) >= 11 is 0. The summed E-state index contributed by atoms with van der Waals surface area (Å²) < 4.78 is 0. The van der Waals surface area contributed by atoms with E-state index in [1.807, 2.05) is 35.2 Å². The molecule has 0 unspecified atom stereocenters. The van der Waals surface area contributed by atoms with Gasteiger partial charge < -0.3 is 4.90 Å². The molecule has 4 heteroatoms. The van der Waals surface area contributed by atoms with Gasteiger partial charge in [0.1, 0.15) is 0 Å². The Balaban J connectivity index is 1.44. The van der Waals surface area contributed by atoms with Crippen LogP contribution < -0.4 is 0 Å². The minimum atomic E-state index is 0.179. The number of rotatable bonds is 3. The first kappa shape index (κ1) is 18.3. The summed E-state index contributed by atoms with van der Waals surface area (Å²) in [5.41, 5.74) is 9.67. The van der Waals surface area contributed by atoms with Crippen LogP contribution in [0.2, 0.25) is 0 Å². The van der Waals surface area contributed by atoms with Gasteiger partial charge >= 0.3 is 0 Å². The van der Waals surface area contributed by atoms with Crippen molar-refractivity contribution in [2.45, 2.75) is 33.0 Å². The number of carbonyl (C=O) groups is 1. The minimum absolute atomic E-state index is 0.179. The Kier molecular flexibility index (Phi) is 4.44. The van der Waals surface area contributed by atoms with Crippen molar-refractivity contribution < 1.29 is 4.79 Å². The van der Waals surface area contributed by atoms with Gasteiger partial charge in [-0.2, -0.15) is 0 Å². The van der Waals surface area contributed by atoms with E-state index in [-0.39, 0.29) is 5.91 Å². The highest BCUT2D eigenvalue weighted by atomic mass is 16.2. The van der Waals surface area contributed by atoms with Gasteiger partial charge in [-0.15, -0.1) is 0 Å². The first-order valence-corrected chi connectivity index (χ1v) is 10.1. The molecule has 0 N–H and O–H groups in total. The van der Waals surface area contributed by atoms with Gasteiger partial charge in [0, 0.05) is 18.7 Å². The first-order valence-electron chi connectivity index (χ1n) is 10.1. The summed E-state index contributed by atoms with van der Waals surface area (Å²) in [6, 6.07) is 20.3. The normalized spacial score (nSPS) is 14.7. The highest BCUT2D eigenvalue weighted by molar-refractivity contribution is 6.15. The fourth-order valence-electron chi connectivity index (χ4n) is 4.34. The van der Waals surface area contributed by atoms with E-state index in [0.29, 0.717) is 31.7 Å². The highest BCUT2D eigenvalue weighted by Crippen LogP contribution is 2.31. The molecule has 0 spiro atoms. The van der Waals surface area contributed by atoms with Crippen molar-refractivity contribution in [2.75, 3.05) is 0 Å². The molecular formula is C26H21N3O. The van der Waals surface area contributed by atoms with Crippen LogP contribution in [0.15, 0.2) is 65.7 Å². The fraction of sp³-hybridized carbons (Fsp3) is 0.192. The van der Waals surface area contributed by atoms with Crippen LogP contribution >= 0.6 is 0 Å². The molecule has 0 saturated carbocycles. The van der Waals surface area contributed by atoms with Crippen LogP contribution in [-0.2, 0) is 30.8 Å². The Hall–Kier alpha value is -3.71. The van der Waals surface area contributed by atoms with Crippen LogP contribution in [0, 0.1) is 13.5 Å². The summed E-state index contributed by atoms with van der Waals surface area (Å²) in [6.45, 7) is 11.1. The van der Waals surface area contributed by atoms with E-state index in [2.05, 4.69) is 42.1 Å². The third-order valence-corrected chi connectivity index (χ3v) is 5.87. The molecule has 0 aromatic heterocycles. The molecule has 5 rings (SSSR count). The molecule has 0 bridgehead atoms. The molecule has 3 aromatic rings. The molecule has 2 aliphatic rings. The zero-order chi connectivity index (χ0) is 20.7. The van der Waals surface area contributed by atoms with Crippen LogP contribution in [0.5, 0.6) is 0 Å². The lowest BCUT2D eigenvalue weighted by atomic mass is 9.91. The van der Waals surface area contributed by atoms with Crippen LogP contribution in [0.25, 0.3) is 4.85 Å². The zero-order valence-corrected chi connectivity index (χ0v) is 16.9. The lowest BCUT2D eigenvalue weighted by molar-refractivity contribution is -0.132. The van der Waals surface area contributed by atoms with Crippen LogP contribution in [0.3, 0.4) is 0 Å². The van der Waals surface area contributed by atoms with Gasteiger partial charge in [-0.1, -0.05) is 60.2 Å². The summed E-state index contributed by atoms with van der Waals surface area (Å²) in [4.78, 5) is 22.9. The predicted molar refractivity (Wildman–Crippen MR) is 118 cm³/mol. The van der Waals surface area contributed by atoms with Crippen molar-refractivity contribution in [1.29, 1.82) is 0 Å². The minimum Gasteiger partial charge on any atom is -0.334 e. The summed E-state index contributed by atoms with van der Waals surface area (Å²) in [5, 5.41) is 0. The quantitative estimate of drug-likeness (QED) is 0.580. The number of hydrogen-bond donors (Lipinski definition) is 0. The first-order chi connectivity index (χ1) is 14.6. The third-order valence-electron chi connectivity index (χ3n) is 5.87. The molecule has 0 fully saturated rings. The number of carbonyl (C=O) groups excluding carboxylic acids is 1. The van der Waals surface area contributed by atoms with E-state index in [9.17, 15) is 4.79 Å². The Morgan fingerprint density at radius 2 is 1.87 bits per heavy atom. The molecule has 2 aliphatic heterocycles. The highest BCUT2D eigenvalue weighted by Gasteiger charge is 2.27. The maximum atomic E-state index is 12.8. The van der Waals surface area contributed by atoms with Crippen LogP contribution in [0.1, 0.15) is 38.9 Å². The van der Waals surface area contributed by atoms with E-state index in [1.54, 1.807) is 0 Å². The molecule has 0 radical (unpaired) electrons. The van der Waals surface area contributed by atoms with Gasteiger partial charge in [0.05, 0.1) is 25.2 Å². The van der Waals surface area contributed by atoms with Crippen LogP contribution in [-0.4, -0.2) is 16.5 Å². The number of fused-ring (bicyclic) bond motifs is 2. The van der Waals surface area contributed by atoms with E-state index < -0.39 is 0 Å². The number of benzene rings is 3. The lowest BCUT2D eigenvalue weighted by Gasteiger charge is -2.29. The summed E-state index contributed by atoms with van der Waals surface area (Å²) in [6.07, 6.45) is 0.448. The van der Waals surface area contributed by atoms with Crippen molar-refractivity contribution in [3.63, 3.8) is 0 Å².